The zero-order valence-corrected chi connectivity index (χ0v) is 14.0. The van der Waals surface area contributed by atoms with Crippen LogP contribution in [0.4, 0.5) is 0 Å². The maximum absolute atomic E-state index is 12.5. The van der Waals surface area contributed by atoms with E-state index in [9.17, 15) is 4.79 Å². The number of rotatable bonds is 2. The topological polar surface area (TPSA) is 38.1 Å². The van der Waals surface area contributed by atoms with Crippen molar-refractivity contribution in [3.8, 4) is 0 Å². The number of carbonyl (C=O) groups is 1. The Morgan fingerprint density at radius 1 is 1.43 bits per heavy atom. The van der Waals surface area contributed by atoms with Crippen LogP contribution >= 0.6 is 27.5 Å². The van der Waals surface area contributed by atoms with E-state index in [1.165, 1.54) is 0 Å². The van der Waals surface area contributed by atoms with E-state index < -0.39 is 0 Å². The van der Waals surface area contributed by atoms with Crippen molar-refractivity contribution in [1.82, 2.24) is 14.5 Å². The molecule has 110 valence electrons. The highest BCUT2D eigenvalue weighted by Crippen LogP contribution is 2.23. The van der Waals surface area contributed by atoms with Crippen LogP contribution in [0.3, 0.4) is 0 Å². The van der Waals surface area contributed by atoms with Gasteiger partial charge in [-0.2, -0.15) is 0 Å². The first kappa shape index (κ1) is 14.6. The van der Waals surface area contributed by atoms with Gasteiger partial charge in [0.25, 0.3) is 0 Å². The van der Waals surface area contributed by atoms with Gasteiger partial charge in [-0.1, -0.05) is 29.8 Å². The van der Waals surface area contributed by atoms with Crippen molar-refractivity contribution < 1.29 is 4.79 Å². The van der Waals surface area contributed by atoms with Gasteiger partial charge in [-0.05, 0) is 27.6 Å². The fraction of sp³-hybridized carbons (Fsp3) is 0.333. The summed E-state index contributed by atoms with van der Waals surface area (Å²) < 4.78 is 2.80. The molecule has 4 nitrogen and oxygen atoms in total. The Hall–Kier alpha value is -1.33. The number of carbonyl (C=O) groups excluding carboxylic acids is 1. The van der Waals surface area contributed by atoms with Gasteiger partial charge in [-0.25, -0.2) is 4.98 Å². The van der Waals surface area contributed by atoms with Crippen molar-refractivity contribution in [2.45, 2.75) is 19.4 Å². The quantitative estimate of drug-likeness (QED) is 0.817. The van der Waals surface area contributed by atoms with Crippen LogP contribution in [0.25, 0.3) is 0 Å². The first-order valence-corrected chi connectivity index (χ1v) is 7.94. The Morgan fingerprint density at radius 3 is 2.95 bits per heavy atom. The highest BCUT2D eigenvalue weighted by molar-refractivity contribution is 9.10. The van der Waals surface area contributed by atoms with Crippen LogP contribution in [0.5, 0.6) is 0 Å². The molecule has 0 radical (unpaired) electrons. The number of aromatic nitrogens is 2. The van der Waals surface area contributed by atoms with Gasteiger partial charge in [-0.15, -0.1) is 0 Å². The standard InChI is InChI=1S/C15H15BrClN3O/c1-19-13-9-20(7-6-12(13)18-15(19)16)14(21)8-10-4-2-3-5-11(10)17/h2-5H,6-9H2,1H3. The number of nitrogens with zero attached hydrogens (tertiary/aromatic N) is 3. The maximum atomic E-state index is 12.5. The Labute approximate surface area is 136 Å². The fourth-order valence-electron chi connectivity index (χ4n) is 2.58. The summed E-state index contributed by atoms with van der Waals surface area (Å²) in [5.74, 6) is 0.103. The summed E-state index contributed by atoms with van der Waals surface area (Å²) in [6.07, 6.45) is 1.14. The van der Waals surface area contributed by atoms with Gasteiger partial charge in [0.2, 0.25) is 5.91 Å². The molecule has 1 amide bonds. The second-order valence-corrected chi connectivity index (χ2v) is 6.28. The van der Waals surface area contributed by atoms with Crippen LogP contribution in [-0.4, -0.2) is 26.9 Å². The molecule has 0 aliphatic carbocycles. The Bertz CT molecular complexity index is 698. The van der Waals surface area contributed by atoms with Crippen LogP contribution in [0.1, 0.15) is 17.0 Å². The van der Waals surface area contributed by atoms with E-state index in [0.717, 1.165) is 28.1 Å². The molecule has 0 fully saturated rings. The summed E-state index contributed by atoms with van der Waals surface area (Å²) in [6, 6.07) is 7.49. The van der Waals surface area contributed by atoms with E-state index in [2.05, 4.69) is 20.9 Å². The lowest BCUT2D eigenvalue weighted by Gasteiger charge is -2.27. The highest BCUT2D eigenvalue weighted by atomic mass is 79.9. The Balaban J connectivity index is 1.75. The minimum atomic E-state index is 0.103. The number of amides is 1. The largest absolute Gasteiger partial charge is 0.336 e. The number of halogens is 2. The molecule has 0 saturated carbocycles. The van der Waals surface area contributed by atoms with Crippen LogP contribution < -0.4 is 0 Å². The lowest BCUT2D eigenvalue weighted by molar-refractivity contribution is -0.131. The van der Waals surface area contributed by atoms with E-state index in [4.69, 9.17) is 11.6 Å². The van der Waals surface area contributed by atoms with Gasteiger partial charge < -0.3 is 9.47 Å². The van der Waals surface area contributed by atoms with Crippen LogP contribution in [0.2, 0.25) is 5.02 Å². The number of hydrogen-bond donors (Lipinski definition) is 0. The molecular weight excluding hydrogens is 354 g/mol. The molecule has 2 heterocycles. The lowest BCUT2D eigenvalue weighted by atomic mass is 10.1. The smallest absolute Gasteiger partial charge is 0.227 e. The normalized spacial score (nSPS) is 14.1. The summed E-state index contributed by atoms with van der Waals surface area (Å²) in [4.78, 5) is 18.8. The van der Waals surface area contributed by atoms with Crippen molar-refractivity contribution in [2.24, 2.45) is 7.05 Å². The third kappa shape index (κ3) is 2.85. The molecule has 0 saturated heterocycles. The summed E-state index contributed by atoms with van der Waals surface area (Å²) in [7, 11) is 1.96. The molecule has 0 atom stereocenters. The molecule has 2 aromatic rings. The van der Waals surface area contributed by atoms with E-state index >= 15 is 0 Å². The van der Waals surface area contributed by atoms with Gasteiger partial charge in [0.05, 0.1) is 24.4 Å². The van der Waals surface area contributed by atoms with E-state index in [1.807, 2.05) is 40.8 Å². The third-order valence-corrected chi connectivity index (χ3v) is 4.93. The molecule has 3 rings (SSSR count). The molecule has 1 aromatic carbocycles. The monoisotopic (exact) mass is 367 g/mol. The molecule has 1 aliphatic rings. The SMILES string of the molecule is Cn1c(Br)nc2c1CN(C(=O)Cc1ccccc1Cl)CC2. The number of benzene rings is 1. The minimum Gasteiger partial charge on any atom is -0.336 e. The van der Waals surface area contributed by atoms with Gasteiger partial charge in [-0.3, -0.25) is 4.79 Å². The summed E-state index contributed by atoms with van der Waals surface area (Å²) in [5.41, 5.74) is 3.05. The molecule has 0 unspecified atom stereocenters. The van der Waals surface area contributed by atoms with Gasteiger partial charge >= 0.3 is 0 Å². The van der Waals surface area contributed by atoms with E-state index in [-0.39, 0.29) is 5.91 Å². The molecule has 1 aliphatic heterocycles. The number of imidazole rings is 1. The molecule has 21 heavy (non-hydrogen) atoms. The summed E-state index contributed by atoms with van der Waals surface area (Å²) >= 11 is 9.55. The van der Waals surface area contributed by atoms with Crippen LogP contribution in [-0.2, 0) is 31.2 Å². The number of hydrogen-bond acceptors (Lipinski definition) is 2. The molecule has 0 N–H and O–H groups in total. The predicted octanol–water partition coefficient (Wildman–Crippen LogP) is 2.96. The highest BCUT2D eigenvalue weighted by Gasteiger charge is 2.25. The molecular formula is C15H15BrClN3O. The van der Waals surface area contributed by atoms with Gasteiger partial charge in [0.15, 0.2) is 4.73 Å². The Morgan fingerprint density at radius 2 is 2.19 bits per heavy atom. The Kier molecular flexibility index (Phi) is 4.04. The van der Waals surface area contributed by atoms with E-state index in [0.29, 0.717) is 24.5 Å². The van der Waals surface area contributed by atoms with Crippen molar-refractivity contribution >= 4 is 33.4 Å². The zero-order chi connectivity index (χ0) is 15.0. The lowest BCUT2D eigenvalue weighted by Crippen LogP contribution is -2.37. The molecule has 0 spiro atoms. The van der Waals surface area contributed by atoms with Gasteiger partial charge in [0.1, 0.15) is 0 Å². The predicted molar refractivity (Wildman–Crippen MR) is 85.2 cm³/mol. The van der Waals surface area contributed by atoms with E-state index in [1.54, 1.807) is 0 Å². The van der Waals surface area contributed by atoms with Crippen molar-refractivity contribution in [1.29, 1.82) is 0 Å². The molecule has 6 heteroatoms. The average molecular weight is 369 g/mol. The minimum absolute atomic E-state index is 0.103. The second-order valence-electron chi connectivity index (χ2n) is 5.17. The van der Waals surface area contributed by atoms with Crippen molar-refractivity contribution in [2.75, 3.05) is 6.54 Å². The second kappa shape index (κ2) is 5.81. The first-order valence-electron chi connectivity index (χ1n) is 6.77. The third-order valence-electron chi connectivity index (χ3n) is 3.85. The van der Waals surface area contributed by atoms with Crippen LogP contribution in [0, 0.1) is 0 Å². The molecule has 0 bridgehead atoms. The molecule has 1 aromatic heterocycles. The van der Waals surface area contributed by atoms with Crippen LogP contribution in [0.15, 0.2) is 29.0 Å². The first-order chi connectivity index (χ1) is 10.1. The summed E-state index contributed by atoms with van der Waals surface area (Å²) in [6.45, 7) is 1.31. The zero-order valence-electron chi connectivity index (χ0n) is 11.6. The average Bonchev–Trinajstić information content (AvgIpc) is 2.76. The summed E-state index contributed by atoms with van der Waals surface area (Å²) in [5, 5.41) is 0.645. The number of fused-ring (bicyclic) bond motifs is 1. The van der Waals surface area contributed by atoms with Gasteiger partial charge in [0, 0.05) is 25.0 Å². The van der Waals surface area contributed by atoms with Crippen molar-refractivity contribution in [3.05, 3.63) is 51.0 Å². The maximum Gasteiger partial charge on any atom is 0.227 e. The van der Waals surface area contributed by atoms with Crippen molar-refractivity contribution in [3.63, 3.8) is 0 Å². The fourth-order valence-corrected chi connectivity index (χ4v) is 3.21.